The summed E-state index contributed by atoms with van der Waals surface area (Å²) >= 11 is 0. The molecule has 0 radical (unpaired) electrons. The summed E-state index contributed by atoms with van der Waals surface area (Å²) in [6, 6.07) is 5.38. The van der Waals surface area contributed by atoms with Gasteiger partial charge in [-0.2, -0.15) is 0 Å². The van der Waals surface area contributed by atoms with E-state index < -0.39 is 0 Å². The lowest BCUT2D eigenvalue weighted by Crippen LogP contribution is -1.99. The molecule has 1 amide bonds. The summed E-state index contributed by atoms with van der Waals surface area (Å²) in [4.78, 5) is 10.4. The summed E-state index contributed by atoms with van der Waals surface area (Å²) < 4.78 is 6.84. The van der Waals surface area contributed by atoms with Gasteiger partial charge in [0.05, 0.1) is 18.5 Å². The fourth-order valence-electron chi connectivity index (χ4n) is 1.37. The van der Waals surface area contributed by atoms with Crippen molar-refractivity contribution in [1.82, 2.24) is 14.8 Å². The predicted molar refractivity (Wildman–Crippen MR) is 57.6 cm³/mol. The van der Waals surface area contributed by atoms with Gasteiger partial charge in [0.15, 0.2) is 0 Å². The number of aromatic nitrogens is 3. The summed E-state index contributed by atoms with van der Waals surface area (Å²) in [6.45, 7) is 0. The molecule has 0 bridgehead atoms. The van der Waals surface area contributed by atoms with E-state index in [1.807, 2.05) is 6.07 Å². The fourth-order valence-corrected chi connectivity index (χ4v) is 1.37. The third-order valence-corrected chi connectivity index (χ3v) is 2.11. The van der Waals surface area contributed by atoms with Crippen LogP contribution in [0.25, 0.3) is 5.69 Å². The summed E-state index contributed by atoms with van der Waals surface area (Å²) in [5.74, 6) is 0.601. The molecule has 0 saturated heterocycles. The van der Waals surface area contributed by atoms with Gasteiger partial charge in [-0.15, -0.1) is 10.2 Å². The van der Waals surface area contributed by atoms with Gasteiger partial charge in [0, 0.05) is 0 Å². The quantitative estimate of drug-likeness (QED) is 0.772. The third-order valence-electron chi connectivity index (χ3n) is 2.11. The highest BCUT2D eigenvalue weighted by atomic mass is 16.5. The Hall–Kier alpha value is -2.37. The lowest BCUT2D eigenvalue weighted by molar-refractivity contribution is -0.105. The number of nitrogens with zero attached hydrogens (tertiary/aromatic N) is 3. The second-order valence-corrected chi connectivity index (χ2v) is 3.02. The largest absolute Gasteiger partial charge is 0.495 e. The second-order valence-electron chi connectivity index (χ2n) is 3.02. The maximum absolute atomic E-state index is 10.4. The lowest BCUT2D eigenvalue weighted by atomic mass is 10.2. The van der Waals surface area contributed by atoms with E-state index in [1.54, 1.807) is 36.5 Å². The Bertz CT molecular complexity index is 482. The number of methoxy groups -OCH3 is 1. The van der Waals surface area contributed by atoms with E-state index in [0.29, 0.717) is 17.8 Å². The van der Waals surface area contributed by atoms with E-state index in [4.69, 9.17) is 4.74 Å². The molecule has 1 N–H and O–H groups in total. The molecule has 16 heavy (non-hydrogen) atoms. The fraction of sp³-hybridized carbons (Fsp3) is 0.100. The minimum absolute atomic E-state index is 0.601. The normalized spacial score (nSPS) is 9.81. The van der Waals surface area contributed by atoms with E-state index in [9.17, 15) is 4.79 Å². The molecule has 0 spiro atoms. The number of rotatable bonds is 4. The number of ether oxygens (including phenoxy) is 1. The van der Waals surface area contributed by atoms with Gasteiger partial charge < -0.3 is 10.1 Å². The Balaban J connectivity index is 2.42. The third kappa shape index (κ3) is 1.85. The topological polar surface area (TPSA) is 69.0 Å². The number of anilines is 1. The van der Waals surface area contributed by atoms with Gasteiger partial charge >= 0.3 is 0 Å². The van der Waals surface area contributed by atoms with Crippen LogP contribution in [0.5, 0.6) is 5.75 Å². The molecule has 1 aromatic carbocycles. The Kier molecular flexibility index (Phi) is 2.81. The molecular formula is C10H10N4O2. The summed E-state index contributed by atoms with van der Waals surface area (Å²) in [6.07, 6.45) is 3.76. The maximum Gasteiger partial charge on any atom is 0.211 e. The molecule has 2 rings (SSSR count). The molecule has 0 aliphatic carbocycles. The summed E-state index contributed by atoms with van der Waals surface area (Å²) in [7, 11) is 1.55. The lowest BCUT2D eigenvalue weighted by Gasteiger charge is -2.09. The van der Waals surface area contributed by atoms with Crippen LogP contribution in [0.4, 0.5) is 5.69 Å². The zero-order valence-corrected chi connectivity index (χ0v) is 8.62. The molecule has 0 unspecified atom stereocenters. The van der Waals surface area contributed by atoms with E-state index in [-0.39, 0.29) is 0 Å². The average Bonchev–Trinajstić information content (AvgIpc) is 2.83. The molecule has 1 aromatic heterocycles. The Morgan fingerprint density at radius 1 is 1.38 bits per heavy atom. The van der Waals surface area contributed by atoms with Crippen molar-refractivity contribution >= 4 is 12.1 Å². The molecule has 0 fully saturated rings. The first-order chi connectivity index (χ1) is 7.85. The van der Waals surface area contributed by atoms with Crippen LogP contribution < -0.4 is 10.1 Å². The Labute approximate surface area is 91.9 Å². The minimum Gasteiger partial charge on any atom is -0.495 e. The van der Waals surface area contributed by atoms with Gasteiger partial charge in [0.25, 0.3) is 0 Å². The first-order valence-corrected chi connectivity index (χ1v) is 4.58. The van der Waals surface area contributed by atoms with Crippen LogP contribution in [0.3, 0.4) is 0 Å². The highest BCUT2D eigenvalue weighted by Gasteiger charge is 2.04. The smallest absolute Gasteiger partial charge is 0.211 e. The number of benzene rings is 1. The number of hydrogen-bond donors (Lipinski definition) is 1. The molecule has 1 heterocycles. The van der Waals surface area contributed by atoms with E-state index in [2.05, 4.69) is 15.5 Å². The standard InChI is InChI=1S/C10H10N4O2/c1-16-10-3-2-8(4-9(10)11-7-15)14-5-12-13-6-14/h2-7H,1H3,(H,11,15). The highest BCUT2D eigenvalue weighted by Crippen LogP contribution is 2.26. The van der Waals surface area contributed by atoms with Gasteiger partial charge in [-0.25, -0.2) is 0 Å². The van der Waals surface area contributed by atoms with Crippen LogP contribution in [0.15, 0.2) is 30.9 Å². The van der Waals surface area contributed by atoms with Crippen LogP contribution in [-0.2, 0) is 4.79 Å². The van der Waals surface area contributed by atoms with Crippen molar-refractivity contribution in [3.8, 4) is 11.4 Å². The van der Waals surface area contributed by atoms with Crippen molar-refractivity contribution in [3.05, 3.63) is 30.9 Å². The number of carbonyl (C=O) groups is 1. The maximum atomic E-state index is 10.4. The average molecular weight is 218 g/mol. The van der Waals surface area contributed by atoms with Crippen LogP contribution in [0.2, 0.25) is 0 Å². The Morgan fingerprint density at radius 2 is 2.12 bits per heavy atom. The monoisotopic (exact) mass is 218 g/mol. The van der Waals surface area contributed by atoms with Crippen molar-refractivity contribution < 1.29 is 9.53 Å². The van der Waals surface area contributed by atoms with Gasteiger partial charge in [0.2, 0.25) is 6.41 Å². The van der Waals surface area contributed by atoms with Gasteiger partial charge in [-0.3, -0.25) is 9.36 Å². The first kappa shape index (κ1) is 10.2. The highest BCUT2D eigenvalue weighted by molar-refractivity contribution is 5.76. The van der Waals surface area contributed by atoms with Gasteiger partial charge in [-0.05, 0) is 18.2 Å². The van der Waals surface area contributed by atoms with E-state index >= 15 is 0 Å². The summed E-state index contributed by atoms with van der Waals surface area (Å²) in [5, 5.41) is 9.99. The van der Waals surface area contributed by atoms with Crippen LogP contribution in [-0.4, -0.2) is 28.3 Å². The SMILES string of the molecule is COc1ccc(-n2cnnc2)cc1NC=O. The molecule has 82 valence electrons. The van der Waals surface area contributed by atoms with E-state index in [1.165, 1.54) is 0 Å². The van der Waals surface area contributed by atoms with Crippen molar-refractivity contribution in [2.75, 3.05) is 12.4 Å². The molecule has 0 atom stereocenters. The molecule has 0 saturated carbocycles. The minimum atomic E-state index is 0.601. The van der Waals surface area contributed by atoms with Crippen LogP contribution in [0, 0.1) is 0 Å². The number of amides is 1. The van der Waals surface area contributed by atoms with Crippen LogP contribution >= 0.6 is 0 Å². The van der Waals surface area contributed by atoms with E-state index in [0.717, 1.165) is 5.69 Å². The molecule has 6 heteroatoms. The first-order valence-electron chi connectivity index (χ1n) is 4.58. The number of carbonyl (C=O) groups excluding carboxylic acids is 1. The zero-order valence-electron chi connectivity index (χ0n) is 8.62. The molecule has 0 aliphatic rings. The molecule has 6 nitrogen and oxygen atoms in total. The summed E-state index contributed by atoms with van der Waals surface area (Å²) in [5.41, 5.74) is 1.44. The Morgan fingerprint density at radius 3 is 2.75 bits per heavy atom. The second kappa shape index (κ2) is 4.43. The molecule has 2 aromatic rings. The van der Waals surface area contributed by atoms with Crippen molar-refractivity contribution in [2.24, 2.45) is 0 Å². The van der Waals surface area contributed by atoms with Crippen LogP contribution in [0.1, 0.15) is 0 Å². The van der Waals surface area contributed by atoms with Crippen molar-refractivity contribution in [1.29, 1.82) is 0 Å². The zero-order chi connectivity index (χ0) is 11.4. The number of hydrogen-bond acceptors (Lipinski definition) is 4. The van der Waals surface area contributed by atoms with Gasteiger partial charge in [-0.1, -0.05) is 0 Å². The molecule has 0 aliphatic heterocycles. The predicted octanol–water partition coefficient (Wildman–Crippen LogP) is 0.844. The van der Waals surface area contributed by atoms with Crippen molar-refractivity contribution in [3.63, 3.8) is 0 Å². The number of nitrogens with one attached hydrogen (secondary N) is 1. The molecular weight excluding hydrogens is 208 g/mol. The van der Waals surface area contributed by atoms with Gasteiger partial charge in [0.1, 0.15) is 18.4 Å². The van der Waals surface area contributed by atoms with Crippen molar-refractivity contribution in [2.45, 2.75) is 0 Å².